The molecule has 150 valence electrons. The van der Waals surface area contributed by atoms with Crippen molar-refractivity contribution in [3.05, 3.63) is 94.9 Å². The summed E-state index contributed by atoms with van der Waals surface area (Å²) in [6.45, 7) is 4.93. The largest absolute Gasteiger partial charge is 0.485 e. The minimum atomic E-state index is -0.275. The Labute approximate surface area is 174 Å². The van der Waals surface area contributed by atoms with E-state index in [0.717, 1.165) is 33.3 Å². The summed E-state index contributed by atoms with van der Waals surface area (Å²) in [4.78, 5) is 4.32. The van der Waals surface area contributed by atoms with E-state index in [9.17, 15) is 8.78 Å². The van der Waals surface area contributed by atoms with Crippen molar-refractivity contribution >= 4 is 23.3 Å². The Morgan fingerprint density at radius 3 is 2.41 bits per heavy atom. The van der Waals surface area contributed by atoms with E-state index < -0.39 is 0 Å². The number of aromatic nitrogens is 2. The van der Waals surface area contributed by atoms with E-state index in [1.54, 1.807) is 30.5 Å². The summed E-state index contributed by atoms with van der Waals surface area (Å²) < 4.78 is 34.9. The molecular formula is C23H21ClF2N2O. The molecule has 0 aliphatic heterocycles. The van der Waals surface area contributed by atoms with E-state index in [2.05, 4.69) is 9.55 Å². The average Bonchev–Trinajstić information content (AvgIpc) is 2.93. The number of ether oxygens (including phenoxy) is 1. The van der Waals surface area contributed by atoms with Gasteiger partial charge in [0.25, 0.3) is 0 Å². The molecule has 0 amide bonds. The maximum absolute atomic E-state index is 13.6. The summed E-state index contributed by atoms with van der Waals surface area (Å²) in [6.07, 6.45) is 3.51. The van der Waals surface area contributed by atoms with E-state index in [4.69, 9.17) is 4.74 Å². The fourth-order valence-electron chi connectivity index (χ4n) is 3.42. The molecule has 6 heteroatoms. The van der Waals surface area contributed by atoms with Gasteiger partial charge in [-0.25, -0.2) is 8.78 Å². The standard InChI is InChI=1S/C23H20F2N2O.ClH/c1-15-16(2)27(13-18-4-3-5-20(25)10-18)23-21(15)11-26-12-22(23)28-14-17-6-8-19(24)9-7-17;/h3-12H,13-14H2,1-2H3;1H. The molecular weight excluding hydrogens is 394 g/mol. The topological polar surface area (TPSA) is 27.1 Å². The van der Waals surface area contributed by atoms with Gasteiger partial charge < -0.3 is 9.30 Å². The molecule has 0 spiro atoms. The Balaban J connectivity index is 0.00000240. The summed E-state index contributed by atoms with van der Waals surface area (Å²) >= 11 is 0. The molecule has 0 radical (unpaired) electrons. The van der Waals surface area contributed by atoms with Gasteiger partial charge in [-0.3, -0.25) is 4.98 Å². The quantitative estimate of drug-likeness (QED) is 0.401. The highest BCUT2D eigenvalue weighted by atomic mass is 35.5. The Bertz CT molecular complexity index is 1140. The Kier molecular flexibility index (Phi) is 6.18. The average molecular weight is 415 g/mol. The van der Waals surface area contributed by atoms with Crippen LogP contribution in [0.5, 0.6) is 5.75 Å². The van der Waals surface area contributed by atoms with Crippen LogP contribution in [0, 0.1) is 25.5 Å². The molecule has 0 saturated carbocycles. The van der Waals surface area contributed by atoms with Crippen molar-refractivity contribution in [2.45, 2.75) is 27.0 Å². The van der Waals surface area contributed by atoms with E-state index >= 15 is 0 Å². The number of fused-ring (bicyclic) bond motifs is 1. The van der Waals surface area contributed by atoms with Crippen molar-refractivity contribution in [2.75, 3.05) is 0 Å². The third-order valence-electron chi connectivity index (χ3n) is 5.04. The van der Waals surface area contributed by atoms with E-state index in [0.29, 0.717) is 18.9 Å². The van der Waals surface area contributed by atoms with Crippen LogP contribution in [0.15, 0.2) is 60.9 Å². The van der Waals surface area contributed by atoms with Gasteiger partial charge in [-0.1, -0.05) is 24.3 Å². The van der Waals surface area contributed by atoms with Crippen LogP contribution in [-0.2, 0) is 13.2 Å². The molecule has 3 nitrogen and oxygen atoms in total. The number of pyridine rings is 1. The fraction of sp³-hybridized carbons (Fsp3) is 0.174. The molecule has 0 fully saturated rings. The van der Waals surface area contributed by atoms with Gasteiger partial charge in [0.05, 0.1) is 11.7 Å². The van der Waals surface area contributed by atoms with Crippen molar-refractivity contribution in [3.63, 3.8) is 0 Å². The lowest BCUT2D eigenvalue weighted by atomic mass is 10.2. The molecule has 2 aromatic carbocycles. The van der Waals surface area contributed by atoms with Gasteiger partial charge in [0.1, 0.15) is 18.2 Å². The Morgan fingerprint density at radius 1 is 0.931 bits per heavy atom. The molecule has 29 heavy (non-hydrogen) atoms. The zero-order valence-electron chi connectivity index (χ0n) is 16.2. The second-order valence-electron chi connectivity index (χ2n) is 6.88. The maximum Gasteiger partial charge on any atom is 0.162 e. The predicted octanol–water partition coefficient (Wildman–Crippen LogP) is 5.98. The number of benzene rings is 2. The minimum Gasteiger partial charge on any atom is -0.485 e. The first-order valence-electron chi connectivity index (χ1n) is 9.08. The number of rotatable bonds is 5. The van der Waals surface area contributed by atoms with Crippen LogP contribution in [0.25, 0.3) is 10.9 Å². The smallest absolute Gasteiger partial charge is 0.162 e. The van der Waals surface area contributed by atoms with Crippen molar-refractivity contribution in [2.24, 2.45) is 0 Å². The SMILES string of the molecule is Cc1c(C)n(Cc2cccc(F)c2)c2c(OCc3ccc(F)cc3)cncc12.Cl. The Morgan fingerprint density at radius 2 is 1.69 bits per heavy atom. The van der Waals surface area contributed by atoms with E-state index in [-0.39, 0.29) is 24.0 Å². The molecule has 0 atom stereocenters. The highest BCUT2D eigenvalue weighted by molar-refractivity contribution is 5.89. The third-order valence-corrected chi connectivity index (χ3v) is 5.04. The molecule has 0 bridgehead atoms. The van der Waals surface area contributed by atoms with Crippen LogP contribution in [0.1, 0.15) is 22.4 Å². The van der Waals surface area contributed by atoms with Gasteiger partial charge in [-0.2, -0.15) is 0 Å². The molecule has 2 aromatic heterocycles. The maximum atomic E-state index is 13.6. The van der Waals surface area contributed by atoms with Gasteiger partial charge in [0.15, 0.2) is 5.75 Å². The van der Waals surface area contributed by atoms with E-state index in [1.165, 1.54) is 18.2 Å². The van der Waals surface area contributed by atoms with Crippen LogP contribution in [0.3, 0.4) is 0 Å². The van der Waals surface area contributed by atoms with Crippen molar-refractivity contribution in [3.8, 4) is 5.75 Å². The molecule has 0 aliphatic carbocycles. The number of aryl methyl sites for hydroxylation is 1. The van der Waals surface area contributed by atoms with Gasteiger partial charge in [0.2, 0.25) is 0 Å². The lowest BCUT2D eigenvalue weighted by Crippen LogP contribution is -2.04. The van der Waals surface area contributed by atoms with Crippen LogP contribution >= 0.6 is 12.4 Å². The lowest BCUT2D eigenvalue weighted by molar-refractivity contribution is 0.307. The number of nitrogens with zero attached hydrogens (tertiary/aromatic N) is 2. The zero-order valence-corrected chi connectivity index (χ0v) is 17.0. The molecule has 0 aliphatic rings. The monoisotopic (exact) mass is 414 g/mol. The highest BCUT2D eigenvalue weighted by Gasteiger charge is 2.16. The first-order valence-corrected chi connectivity index (χ1v) is 9.08. The summed E-state index contributed by atoms with van der Waals surface area (Å²) in [5.74, 6) is 0.120. The molecule has 0 unspecified atom stereocenters. The first kappa shape index (κ1) is 20.8. The van der Waals surface area contributed by atoms with Crippen molar-refractivity contribution in [1.29, 1.82) is 0 Å². The fourth-order valence-corrected chi connectivity index (χ4v) is 3.42. The predicted molar refractivity (Wildman–Crippen MR) is 113 cm³/mol. The third kappa shape index (κ3) is 4.25. The normalized spacial score (nSPS) is 10.8. The first-order chi connectivity index (χ1) is 13.5. The molecule has 2 heterocycles. The van der Waals surface area contributed by atoms with Crippen LogP contribution in [0.4, 0.5) is 8.78 Å². The van der Waals surface area contributed by atoms with Crippen molar-refractivity contribution < 1.29 is 13.5 Å². The van der Waals surface area contributed by atoms with E-state index in [1.807, 2.05) is 26.1 Å². The number of hydrogen-bond acceptors (Lipinski definition) is 2. The number of halogens is 3. The summed E-state index contributed by atoms with van der Waals surface area (Å²) in [5, 5.41) is 1.01. The lowest BCUT2D eigenvalue weighted by Gasteiger charge is -2.13. The van der Waals surface area contributed by atoms with Gasteiger partial charge >= 0.3 is 0 Å². The number of hydrogen-bond donors (Lipinski definition) is 0. The van der Waals surface area contributed by atoms with Crippen LogP contribution in [0.2, 0.25) is 0 Å². The van der Waals surface area contributed by atoms with Crippen LogP contribution in [-0.4, -0.2) is 9.55 Å². The summed E-state index contributed by atoms with van der Waals surface area (Å²) in [5.41, 5.74) is 4.87. The second-order valence-corrected chi connectivity index (χ2v) is 6.88. The Hall–Kier alpha value is -2.92. The molecule has 4 rings (SSSR count). The van der Waals surface area contributed by atoms with Crippen LogP contribution < -0.4 is 4.74 Å². The van der Waals surface area contributed by atoms with Gasteiger partial charge in [-0.15, -0.1) is 12.4 Å². The van der Waals surface area contributed by atoms with Gasteiger partial charge in [0, 0.05) is 23.8 Å². The molecule has 0 N–H and O–H groups in total. The highest BCUT2D eigenvalue weighted by Crippen LogP contribution is 2.32. The van der Waals surface area contributed by atoms with Crippen molar-refractivity contribution in [1.82, 2.24) is 9.55 Å². The second kappa shape index (κ2) is 8.62. The zero-order chi connectivity index (χ0) is 19.7. The summed E-state index contributed by atoms with van der Waals surface area (Å²) in [7, 11) is 0. The summed E-state index contributed by atoms with van der Waals surface area (Å²) in [6, 6.07) is 12.8. The molecule has 0 saturated heterocycles. The minimum absolute atomic E-state index is 0. The molecule has 4 aromatic rings. The van der Waals surface area contributed by atoms with Gasteiger partial charge in [-0.05, 0) is 54.8 Å².